The van der Waals surface area contributed by atoms with Gasteiger partial charge in [0, 0.05) is 35.3 Å². The van der Waals surface area contributed by atoms with Gasteiger partial charge >= 0.3 is 0 Å². The molecule has 1 fully saturated rings. The average molecular weight is 493 g/mol. The summed E-state index contributed by atoms with van der Waals surface area (Å²) >= 11 is 12.0. The lowest BCUT2D eigenvalue weighted by atomic mass is 10.0. The Morgan fingerprint density at radius 3 is 2.12 bits per heavy atom. The van der Waals surface area contributed by atoms with E-state index in [2.05, 4.69) is 0 Å². The Bertz CT molecular complexity index is 1070. The Hall–Kier alpha value is -2.01. The van der Waals surface area contributed by atoms with Crippen molar-refractivity contribution in [1.82, 2.24) is 0 Å². The molecule has 1 aliphatic rings. The van der Waals surface area contributed by atoms with Crippen LogP contribution in [0.3, 0.4) is 0 Å². The highest BCUT2D eigenvalue weighted by Gasteiger charge is 2.40. The van der Waals surface area contributed by atoms with Crippen LogP contribution in [-0.2, 0) is 9.30 Å². The number of benzene rings is 3. The van der Waals surface area contributed by atoms with Crippen molar-refractivity contribution in [3.8, 4) is 11.5 Å². The van der Waals surface area contributed by atoms with Gasteiger partial charge in [-0.1, -0.05) is 83.9 Å². The Morgan fingerprint density at radius 2 is 1.53 bits per heavy atom. The third-order valence-corrected chi connectivity index (χ3v) is 9.42. The summed E-state index contributed by atoms with van der Waals surface area (Å²) in [5.74, 6) is -0.0488. The number of hydrogen-bond donors (Lipinski definition) is 2. The second kappa shape index (κ2) is 9.86. The van der Waals surface area contributed by atoms with Crippen molar-refractivity contribution in [1.29, 1.82) is 0 Å². The SMILES string of the molecule is O=P(C[C@H]1OCC[C@@H](Oc2cc(Cl)c(Cl)cc2O)[C@@H]1O)(c1ccccc1)c1ccccc1. The minimum atomic E-state index is -3.09. The first kappa shape index (κ1) is 23.2. The zero-order valence-corrected chi connectivity index (χ0v) is 19.5. The molecule has 168 valence electrons. The van der Waals surface area contributed by atoms with Crippen molar-refractivity contribution in [2.45, 2.75) is 24.7 Å². The molecule has 0 unspecified atom stereocenters. The van der Waals surface area contributed by atoms with Gasteiger partial charge in [-0.3, -0.25) is 0 Å². The smallest absolute Gasteiger partial charge is 0.163 e. The fourth-order valence-electron chi connectivity index (χ4n) is 3.86. The van der Waals surface area contributed by atoms with Crippen LogP contribution in [0.25, 0.3) is 0 Å². The number of hydrogen-bond acceptors (Lipinski definition) is 5. The molecule has 3 aromatic rings. The van der Waals surface area contributed by atoms with E-state index < -0.39 is 25.5 Å². The topological polar surface area (TPSA) is 76.0 Å². The fraction of sp³-hybridized carbons (Fsp3) is 0.250. The Kier molecular flexibility index (Phi) is 7.14. The summed E-state index contributed by atoms with van der Waals surface area (Å²) < 4.78 is 26.1. The summed E-state index contributed by atoms with van der Waals surface area (Å²) in [5.41, 5.74) is 0. The van der Waals surface area contributed by atoms with Crippen molar-refractivity contribution >= 4 is 41.0 Å². The van der Waals surface area contributed by atoms with Gasteiger partial charge in [0.15, 0.2) is 11.5 Å². The van der Waals surface area contributed by atoms with Gasteiger partial charge in [-0.25, -0.2) is 0 Å². The first-order chi connectivity index (χ1) is 15.4. The predicted molar refractivity (Wildman–Crippen MR) is 128 cm³/mol. The Morgan fingerprint density at radius 1 is 0.969 bits per heavy atom. The molecule has 2 N–H and O–H groups in total. The molecule has 0 aromatic heterocycles. The summed E-state index contributed by atoms with van der Waals surface area (Å²) in [4.78, 5) is 0. The van der Waals surface area contributed by atoms with Gasteiger partial charge in [0.1, 0.15) is 19.3 Å². The molecule has 4 rings (SSSR count). The van der Waals surface area contributed by atoms with E-state index in [0.717, 1.165) is 0 Å². The van der Waals surface area contributed by atoms with E-state index in [-0.39, 0.29) is 27.7 Å². The quantitative estimate of drug-likeness (QED) is 0.491. The van der Waals surface area contributed by atoms with Gasteiger partial charge < -0.3 is 24.3 Å². The van der Waals surface area contributed by atoms with Crippen molar-refractivity contribution in [2.75, 3.05) is 12.8 Å². The maximum atomic E-state index is 14.3. The molecule has 3 atom stereocenters. The van der Waals surface area contributed by atoms with Crippen molar-refractivity contribution < 1.29 is 24.3 Å². The van der Waals surface area contributed by atoms with Gasteiger partial charge in [0.2, 0.25) is 0 Å². The molecule has 1 heterocycles. The molecule has 3 aromatic carbocycles. The molecular formula is C24H23Cl2O5P. The van der Waals surface area contributed by atoms with Crippen LogP contribution >= 0.6 is 30.3 Å². The molecule has 0 amide bonds. The van der Waals surface area contributed by atoms with Crippen molar-refractivity contribution in [3.05, 3.63) is 82.8 Å². The maximum Gasteiger partial charge on any atom is 0.163 e. The summed E-state index contributed by atoms with van der Waals surface area (Å²) in [6, 6.07) is 21.2. The lowest BCUT2D eigenvalue weighted by molar-refractivity contribution is -0.117. The number of halogens is 2. The standard InChI is InChI=1S/C24H23Cl2O5P/c25-18-13-20(27)22(14-19(18)26)31-21-11-12-30-23(24(21)28)15-32(29,16-7-3-1-4-8-16)17-9-5-2-6-10-17/h1-10,13-14,21,23-24,27-28H,11-12,15H2/t21-,23-,24+/m1/s1. The molecule has 1 aliphatic heterocycles. The molecular weight excluding hydrogens is 470 g/mol. The van der Waals surface area contributed by atoms with Gasteiger partial charge in [0.05, 0.1) is 22.8 Å². The van der Waals surface area contributed by atoms with Gasteiger partial charge in [-0.15, -0.1) is 0 Å². The molecule has 0 radical (unpaired) electrons. The largest absolute Gasteiger partial charge is 0.504 e. The molecule has 0 saturated carbocycles. The van der Waals surface area contributed by atoms with E-state index in [0.29, 0.717) is 23.6 Å². The zero-order valence-electron chi connectivity index (χ0n) is 17.1. The zero-order chi connectivity index (χ0) is 22.7. The fourth-order valence-corrected chi connectivity index (χ4v) is 7.03. The molecule has 0 bridgehead atoms. The predicted octanol–water partition coefficient (Wildman–Crippen LogP) is 4.61. The number of ether oxygens (including phenoxy) is 2. The number of aliphatic hydroxyl groups excluding tert-OH is 1. The third-order valence-electron chi connectivity index (χ3n) is 5.56. The molecule has 5 nitrogen and oxygen atoms in total. The normalized spacial score (nSPS) is 21.3. The third kappa shape index (κ3) is 4.83. The van der Waals surface area contributed by atoms with Gasteiger partial charge in [-0.2, -0.15) is 0 Å². The first-order valence-electron chi connectivity index (χ1n) is 10.2. The lowest BCUT2D eigenvalue weighted by Gasteiger charge is -2.36. The maximum absolute atomic E-state index is 14.3. The van der Waals surface area contributed by atoms with Crippen LogP contribution < -0.4 is 15.3 Å². The molecule has 0 aliphatic carbocycles. The number of phenols is 1. The highest BCUT2D eigenvalue weighted by molar-refractivity contribution is 7.78. The summed E-state index contributed by atoms with van der Waals surface area (Å²) in [7, 11) is -3.09. The summed E-state index contributed by atoms with van der Waals surface area (Å²) in [6.45, 7) is 0.318. The van der Waals surface area contributed by atoms with E-state index in [4.69, 9.17) is 32.7 Å². The van der Waals surface area contributed by atoms with Crippen LogP contribution in [0.15, 0.2) is 72.8 Å². The van der Waals surface area contributed by atoms with Crippen LogP contribution in [0.4, 0.5) is 0 Å². The van der Waals surface area contributed by atoms with Gasteiger partial charge in [-0.05, 0) is 0 Å². The Labute approximate surface area is 196 Å². The molecule has 32 heavy (non-hydrogen) atoms. The number of aliphatic hydroxyl groups is 1. The van der Waals surface area contributed by atoms with Crippen LogP contribution in [-0.4, -0.2) is 41.3 Å². The second-order valence-corrected chi connectivity index (χ2v) is 11.4. The molecule has 0 spiro atoms. The van der Waals surface area contributed by atoms with E-state index in [1.807, 2.05) is 60.7 Å². The van der Waals surface area contributed by atoms with E-state index >= 15 is 0 Å². The van der Waals surface area contributed by atoms with Crippen LogP contribution in [0.1, 0.15) is 6.42 Å². The van der Waals surface area contributed by atoms with Crippen LogP contribution in [0, 0.1) is 0 Å². The number of aromatic hydroxyl groups is 1. The number of phenolic OH excluding ortho intramolecular Hbond substituents is 1. The highest BCUT2D eigenvalue weighted by atomic mass is 35.5. The van der Waals surface area contributed by atoms with Crippen molar-refractivity contribution in [3.63, 3.8) is 0 Å². The van der Waals surface area contributed by atoms with E-state index in [1.165, 1.54) is 12.1 Å². The molecule has 1 saturated heterocycles. The first-order valence-corrected chi connectivity index (χ1v) is 12.9. The minimum absolute atomic E-state index is 0.120. The second-order valence-electron chi connectivity index (χ2n) is 7.67. The number of rotatable bonds is 6. The van der Waals surface area contributed by atoms with Crippen LogP contribution in [0.5, 0.6) is 11.5 Å². The van der Waals surface area contributed by atoms with E-state index in [1.54, 1.807) is 0 Å². The monoisotopic (exact) mass is 492 g/mol. The summed E-state index contributed by atoms with van der Waals surface area (Å²) in [6.07, 6.45) is -1.92. The Balaban J connectivity index is 1.60. The summed E-state index contributed by atoms with van der Waals surface area (Å²) in [5, 5.41) is 23.0. The average Bonchev–Trinajstić information content (AvgIpc) is 2.81. The van der Waals surface area contributed by atoms with Crippen molar-refractivity contribution in [2.24, 2.45) is 0 Å². The van der Waals surface area contributed by atoms with E-state index in [9.17, 15) is 14.8 Å². The minimum Gasteiger partial charge on any atom is -0.504 e. The van der Waals surface area contributed by atoms with Crippen LogP contribution in [0.2, 0.25) is 10.0 Å². The molecule has 8 heteroatoms. The van der Waals surface area contributed by atoms with Gasteiger partial charge in [0.25, 0.3) is 0 Å². The highest BCUT2D eigenvalue weighted by Crippen LogP contribution is 2.46. The lowest BCUT2D eigenvalue weighted by Crippen LogP contribution is -2.49.